The normalized spacial score (nSPS) is 15.2. The number of sulfonamides is 1. The van der Waals surface area contributed by atoms with E-state index in [9.17, 15) is 13.2 Å². The number of hydrogen-bond acceptors (Lipinski definition) is 3. The van der Waals surface area contributed by atoms with E-state index >= 15 is 0 Å². The van der Waals surface area contributed by atoms with Crippen molar-refractivity contribution in [1.29, 1.82) is 0 Å². The Kier molecular flexibility index (Phi) is 7.33. The monoisotopic (exact) mass is 434 g/mol. The van der Waals surface area contributed by atoms with E-state index in [1.807, 2.05) is 24.3 Å². The summed E-state index contributed by atoms with van der Waals surface area (Å²) < 4.78 is 27.6. The van der Waals surface area contributed by atoms with Crippen molar-refractivity contribution in [2.24, 2.45) is 0 Å². The molecule has 1 N–H and O–H groups in total. The number of benzene rings is 2. The lowest BCUT2D eigenvalue weighted by Crippen LogP contribution is -2.36. The summed E-state index contributed by atoms with van der Waals surface area (Å²) in [4.78, 5) is 12.8. The summed E-state index contributed by atoms with van der Waals surface area (Å²) in [6.07, 6.45) is 4.33. The summed E-state index contributed by atoms with van der Waals surface area (Å²) in [6.45, 7) is 3.34. The molecule has 1 fully saturated rings. The number of aryl methyl sites for hydroxylation is 2. The molecule has 0 atom stereocenters. The van der Waals surface area contributed by atoms with Gasteiger partial charge in [0, 0.05) is 30.2 Å². The topological polar surface area (TPSA) is 66.5 Å². The zero-order valence-electron chi connectivity index (χ0n) is 16.7. The first-order valence-electron chi connectivity index (χ1n) is 10.0. The van der Waals surface area contributed by atoms with Gasteiger partial charge in [0.25, 0.3) is 5.91 Å². The lowest BCUT2D eigenvalue weighted by atomic mass is 10.1. The van der Waals surface area contributed by atoms with E-state index in [4.69, 9.17) is 11.6 Å². The minimum Gasteiger partial charge on any atom is -0.352 e. The molecule has 0 unspecified atom stereocenters. The summed E-state index contributed by atoms with van der Waals surface area (Å²) >= 11 is 6.15. The highest BCUT2D eigenvalue weighted by atomic mass is 35.5. The molecule has 1 heterocycles. The molecule has 7 heteroatoms. The third-order valence-electron chi connectivity index (χ3n) is 5.25. The molecule has 5 nitrogen and oxygen atoms in total. The standard InChI is InChI=1S/C22H27ClN2O3S/c1-17-11-12-19(16-21(17)29(27,28)25-14-5-2-6-15-25)22(26)24-13-7-9-18-8-3-4-10-20(18)23/h3-4,8,10-12,16H,2,5-7,9,13-15H2,1H3,(H,24,26). The van der Waals surface area contributed by atoms with Crippen LogP contribution in [0.4, 0.5) is 0 Å². The van der Waals surface area contributed by atoms with Crippen LogP contribution in [0.25, 0.3) is 0 Å². The molecule has 1 saturated heterocycles. The van der Waals surface area contributed by atoms with Gasteiger partial charge in [-0.15, -0.1) is 0 Å². The molecular formula is C22H27ClN2O3S. The van der Waals surface area contributed by atoms with Crippen LogP contribution in [0.15, 0.2) is 47.4 Å². The predicted octanol–water partition coefficient (Wildman–Crippen LogP) is 4.19. The molecule has 0 saturated carbocycles. The number of carbonyl (C=O) groups excluding carboxylic acids is 1. The number of halogens is 1. The first-order chi connectivity index (χ1) is 13.9. The average molecular weight is 435 g/mol. The maximum atomic E-state index is 13.0. The van der Waals surface area contributed by atoms with Gasteiger partial charge in [-0.2, -0.15) is 4.31 Å². The zero-order chi connectivity index (χ0) is 20.9. The highest BCUT2D eigenvalue weighted by Crippen LogP contribution is 2.24. The van der Waals surface area contributed by atoms with E-state index in [1.54, 1.807) is 19.1 Å². The van der Waals surface area contributed by atoms with Crippen molar-refractivity contribution in [2.75, 3.05) is 19.6 Å². The fraction of sp³-hybridized carbons (Fsp3) is 0.409. The molecule has 0 bridgehead atoms. The van der Waals surface area contributed by atoms with Crippen molar-refractivity contribution in [3.05, 3.63) is 64.2 Å². The average Bonchev–Trinajstić information content (AvgIpc) is 2.73. The summed E-state index contributed by atoms with van der Waals surface area (Å²) in [5.74, 6) is -0.265. The van der Waals surface area contributed by atoms with Crippen LogP contribution in [-0.4, -0.2) is 38.3 Å². The number of carbonyl (C=O) groups is 1. The fourth-order valence-corrected chi connectivity index (χ4v) is 5.55. The van der Waals surface area contributed by atoms with E-state index < -0.39 is 10.0 Å². The number of rotatable bonds is 7. The SMILES string of the molecule is Cc1ccc(C(=O)NCCCc2ccccc2Cl)cc1S(=O)(=O)N1CCCCC1. The Labute approximate surface area is 178 Å². The third-order valence-corrected chi connectivity index (χ3v) is 7.66. The van der Waals surface area contributed by atoms with E-state index in [0.717, 1.165) is 42.7 Å². The Bertz CT molecular complexity index is 970. The van der Waals surface area contributed by atoms with Crippen LogP contribution < -0.4 is 5.32 Å². The molecule has 1 aliphatic heterocycles. The quantitative estimate of drug-likeness (QED) is 0.664. The van der Waals surface area contributed by atoms with Gasteiger partial charge in [0.1, 0.15) is 0 Å². The number of hydrogen-bond donors (Lipinski definition) is 1. The van der Waals surface area contributed by atoms with E-state index in [1.165, 1.54) is 10.4 Å². The van der Waals surface area contributed by atoms with E-state index in [0.29, 0.717) is 30.8 Å². The van der Waals surface area contributed by atoms with Crippen LogP contribution in [-0.2, 0) is 16.4 Å². The largest absolute Gasteiger partial charge is 0.352 e. The minimum atomic E-state index is -3.58. The smallest absolute Gasteiger partial charge is 0.251 e. The molecule has 156 valence electrons. The first kappa shape index (κ1) is 21.8. The Hall–Kier alpha value is -1.89. The molecule has 1 amide bonds. The van der Waals surface area contributed by atoms with Gasteiger partial charge < -0.3 is 5.32 Å². The van der Waals surface area contributed by atoms with Gasteiger partial charge in [0.2, 0.25) is 10.0 Å². The number of piperidine rings is 1. The second-order valence-corrected chi connectivity index (χ2v) is 9.71. The molecule has 0 radical (unpaired) electrons. The Morgan fingerprint density at radius 3 is 2.55 bits per heavy atom. The number of nitrogens with zero attached hydrogens (tertiary/aromatic N) is 1. The van der Waals surface area contributed by atoms with Crippen LogP contribution in [0.3, 0.4) is 0 Å². The van der Waals surface area contributed by atoms with Gasteiger partial charge in [0.05, 0.1) is 4.90 Å². The molecule has 2 aromatic rings. The van der Waals surface area contributed by atoms with Crippen molar-refractivity contribution in [2.45, 2.75) is 43.9 Å². The molecule has 2 aromatic carbocycles. The van der Waals surface area contributed by atoms with Crippen LogP contribution in [0.5, 0.6) is 0 Å². The summed E-state index contributed by atoms with van der Waals surface area (Å²) in [6, 6.07) is 12.5. The van der Waals surface area contributed by atoms with Gasteiger partial charge in [-0.05, 0) is 61.9 Å². The summed E-state index contributed by atoms with van der Waals surface area (Å²) in [7, 11) is -3.58. The van der Waals surface area contributed by atoms with Crippen molar-refractivity contribution in [3.63, 3.8) is 0 Å². The van der Waals surface area contributed by atoms with Crippen LogP contribution >= 0.6 is 11.6 Å². The van der Waals surface area contributed by atoms with E-state index in [2.05, 4.69) is 5.32 Å². The Balaban J connectivity index is 1.64. The lowest BCUT2D eigenvalue weighted by molar-refractivity contribution is 0.0953. The second kappa shape index (κ2) is 9.74. The van der Waals surface area contributed by atoms with Gasteiger partial charge in [-0.3, -0.25) is 4.79 Å². The van der Waals surface area contributed by atoms with Crippen molar-refractivity contribution < 1.29 is 13.2 Å². The zero-order valence-corrected chi connectivity index (χ0v) is 18.2. The highest BCUT2D eigenvalue weighted by Gasteiger charge is 2.28. The second-order valence-electron chi connectivity index (χ2n) is 7.40. The predicted molar refractivity (Wildman–Crippen MR) is 116 cm³/mol. The van der Waals surface area contributed by atoms with E-state index in [-0.39, 0.29) is 10.8 Å². The van der Waals surface area contributed by atoms with Crippen LogP contribution in [0, 0.1) is 6.92 Å². The first-order valence-corrected chi connectivity index (χ1v) is 11.8. The molecule has 29 heavy (non-hydrogen) atoms. The van der Waals surface area contributed by atoms with Crippen LogP contribution in [0.1, 0.15) is 47.2 Å². The maximum Gasteiger partial charge on any atom is 0.251 e. The van der Waals surface area contributed by atoms with Crippen molar-refractivity contribution >= 4 is 27.5 Å². The Morgan fingerprint density at radius 2 is 1.83 bits per heavy atom. The third kappa shape index (κ3) is 5.38. The number of nitrogens with one attached hydrogen (secondary N) is 1. The highest BCUT2D eigenvalue weighted by molar-refractivity contribution is 7.89. The lowest BCUT2D eigenvalue weighted by Gasteiger charge is -2.26. The molecule has 0 aliphatic carbocycles. The summed E-state index contributed by atoms with van der Waals surface area (Å²) in [5.41, 5.74) is 2.07. The van der Waals surface area contributed by atoms with Crippen molar-refractivity contribution in [3.8, 4) is 0 Å². The number of amides is 1. The van der Waals surface area contributed by atoms with Gasteiger partial charge >= 0.3 is 0 Å². The molecule has 1 aliphatic rings. The molecule has 3 rings (SSSR count). The molecule has 0 spiro atoms. The summed E-state index contributed by atoms with van der Waals surface area (Å²) in [5, 5.41) is 3.60. The van der Waals surface area contributed by atoms with Gasteiger partial charge in [-0.25, -0.2) is 8.42 Å². The fourth-order valence-electron chi connectivity index (χ4n) is 3.55. The van der Waals surface area contributed by atoms with Gasteiger partial charge in [-0.1, -0.05) is 42.3 Å². The maximum absolute atomic E-state index is 13.0. The van der Waals surface area contributed by atoms with Gasteiger partial charge in [0.15, 0.2) is 0 Å². The minimum absolute atomic E-state index is 0.225. The van der Waals surface area contributed by atoms with Crippen molar-refractivity contribution in [1.82, 2.24) is 9.62 Å². The molecular weight excluding hydrogens is 408 g/mol. The molecule has 0 aromatic heterocycles. The Morgan fingerprint density at radius 1 is 1.10 bits per heavy atom. The van der Waals surface area contributed by atoms with Crippen LogP contribution in [0.2, 0.25) is 5.02 Å².